The third kappa shape index (κ3) is 2.01. The van der Waals surface area contributed by atoms with Crippen LogP contribution in [0.25, 0.3) is 0 Å². The fraction of sp³-hybridized carbons (Fsp3) is 0.625. The van der Waals surface area contributed by atoms with E-state index >= 15 is 0 Å². The van der Waals surface area contributed by atoms with Gasteiger partial charge in [-0.3, -0.25) is 0 Å². The standard InChI is InChI=1S/C16H25N/c1-12-7-8-14(11-13(12)2)16(17)10-6-5-9-15(16,3)4/h7-8,11H,5-6,9-10,17H2,1-4H3. The van der Waals surface area contributed by atoms with Gasteiger partial charge in [-0.25, -0.2) is 0 Å². The first kappa shape index (κ1) is 12.6. The van der Waals surface area contributed by atoms with E-state index in [-0.39, 0.29) is 11.0 Å². The van der Waals surface area contributed by atoms with Gasteiger partial charge < -0.3 is 5.73 Å². The van der Waals surface area contributed by atoms with Crippen LogP contribution >= 0.6 is 0 Å². The number of hydrogen-bond donors (Lipinski definition) is 1. The summed E-state index contributed by atoms with van der Waals surface area (Å²) in [6, 6.07) is 6.74. The molecule has 1 aliphatic rings. The molecule has 0 aromatic heterocycles. The fourth-order valence-electron chi connectivity index (χ4n) is 3.09. The van der Waals surface area contributed by atoms with Crippen molar-refractivity contribution in [2.24, 2.45) is 11.1 Å². The van der Waals surface area contributed by atoms with Crippen molar-refractivity contribution in [3.8, 4) is 0 Å². The minimum atomic E-state index is -0.149. The summed E-state index contributed by atoms with van der Waals surface area (Å²) in [5.74, 6) is 0. The number of aryl methyl sites for hydroxylation is 2. The van der Waals surface area contributed by atoms with Gasteiger partial charge in [-0.15, -0.1) is 0 Å². The number of rotatable bonds is 1. The molecule has 0 radical (unpaired) electrons. The predicted molar refractivity (Wildman–Crippen MR) is 74.0 cm³/mol. The first-order valence-electron chi connectivity index (χ1n) is 6.73. The first-order chi connectivity index (χ1) is 7.87. The molecule has 0 heterocycles. The molecule has 1 aromatic rings. The SMILES string of the molecule is Cc1ccc(C2(N)CCCCC2(C)C)cc1C. The zero-order valence-corrected chi connectivity index (χ0v) is 11.6. The topological polar surface area (TPSA) is 26.0 Å². The molecule has 0 amide bonds. The fourth-order valence-corrected chi connectivity index (χ4v) is 3.09. The Kier molecular flexibility index (Phi) is 3.07. The van der Waals surface area contributed by atoms with E-state index in [0.29, 0.717) is 0 Å². The number of nitrogens with two attached hydrogens (primary N) is 1. The van der Waals surface area contributed by atoms with Crippen molar-refractivity contribution >= 4 is 0 Å². The maximum atomic E-state index is 6.78. The van der Waals surface area contributed by atoms with Crippen LogP contribution in [0, 0.1) is 19.3 Å². The minimum Gasteiger partial charge on any atom is -0.321 e. The van der Waals surface area contributed by atoms with Crippen molar-refractivity contribution in [1.82, 2.24) is 0 Å². The molecular formula is C16H25N. The third-order valence-corrected chi connectivity index (χ3v) is 4.85. The smallest absolute Gasteiger partial charge is 0.0461 e. The third-order valence-electron chi connectivity index (χ3n) is 4.85. The van der Waals surface area contributed by atoms with Gasteiger partial charge in [-0.05, 0) is 48.8 Å². The van der Waals surface area contributed by atoms with Crippen LogP contribution in [-0.2, 0) is 5.54 Å². The molecule has 1 fully saturated rings. The Hall–Kier alpha value is -0.820. The second-order valence-electron chi connectivity index (χ2n) is 6.36. The second kappa shape index (κ2) is 4.13. The minimum absolute atomic E-state index is 0.149. The zero-order valence-electron chi connectivity index (χ0n) is 11.6. The molecule has 2 N–H and O–H groups in total. The highest BCUT2D eigenvalue weighted by molar-refractivity contribution is 5.35. The average molecular weight is 231 g/mol. The van der Waals surface area contributed by atoms with E-state index in [1.807, 2.05) is 0 Å². The van der Waals surface area contributed by atoms with Crippen LogP contribution < -0.4 is 5.73 Å². The molecule has 1 heteroatoms. The maximum absolute atomic E-state index is 6.78. The average Bonchev–Trinajstić information content (AvgIpc) is 2.26. The highest BCUT2D eigenvalue weighted by Crippen LogP contribution is 2.48. The summed E-state index contributed by atoms with van der Waals surface area (Å²) in [7, 11) is 0. The van der Waals surface area contributed by atoms with Crippen molar-refractivity contribution in [3.05, 3.63) is 34.9 Å². The normalized spacial score (nSPS) is 28.1. The van der Waals surface area contributed by atoms with Gasteiger partial charge in [0.1, 0.15) is 0 Å². The Morgan fingerprint density at radius 3 is 2.24 bits per heavy atom. The Morgan fingerprint density at radius 1 is 1.00 bits per heavy atom. The molecule has 0 aliphatic heterocycles. The molecule has 94 valence electrons. The lowest BCUT2D eigenvalue weighted by molar-refractivity contribution is 0.0978. The van der Waals surface area contributed by atoms with Gasteiger partial charge in [0.2, 0.25) is 0 Å². The molecule has 0 bridgehead atoms. The van der Waals surface area contributed by atoms with Crippen LogP contribution in [0.5, 0.6) is 0 Å². The van der Waals surface area contributed by atoms with E-state index < -0.39 is 0 Å². The maximum Gasteiger partial charge on any atom is 0.0461 e. The van der Waals surface area contributed by atoms with Gasteiger partial charge >= 0.3 is 0 Å². The monoisotopic (exact) mass is 231 g/mol. The lowest BCUT2D eigenvalue weighted by atomic mass is 9.61. The highest BCUT2D eigenvalue weighted by atomic mass is 14.8. The Morgan fingerprint density at radius 2 is 1.65 bits per heavy atom. The van der Waals surface area contributed by atoms with Crippen LogP contribution in [0.2, 0.25) is 0 Å². The molecule has 1 saturated carbocycles. The van der Waals surface area contributed by atoms with E-state index in [0.717, 1.165) is 6.42 Å². The summed E-state index contributed by atoms with van der Waals surface area (Å²) < 4.78 is 0. The van der Waals surface area contributed by atoms with Gasteiger partial charge in [0.15, 0.2) is 0 Å². The predicted octanol–water partition coefficient (Wildman–Crippen LogP) is 4.06. The summed E-state index contributed by atoms with van der Waals surface area (Å²) in [6.45, 7) is 8.98. The molecule has 17 heavy (non-hydrogen) atoms. The summed E-state index contributed by atoms with van der Waals surface area (Å²) in [5, 5.41) is 0. The van der Waals surface area contributed by atoms with Gasteiger partial charge in [0.25, 0.3) is 0 Å². The molecule has 0 saturated heterocycles. The van der Waals surface area contributed by atoms with Crippen molar-refractivity contribution in [1.29, 1.82) is 0 Å². The molecular weight excluding hydrogens is 206 g/mol. The van der Waals surface area contributed by atoms with E-state index in [9.17, 15) is 0 Å². The van der Waals surface area contributed by atoms with Crippen molar-refractivity contribution in [3.63, 3.8) is 0 Å². The molecule has 1 nitrogen and oxygen atoms in total. The van der Waals surface area contributed by atoms with E-state index in [2.05, 4.69) is 45.9 Å². The summed E-state index contributed by atoms with van der Waals surface area (Å²) in [5.41, 5.74) is 10.9. The van der Waals surface area contributed by atoms with Gasteiger partial charge in [-0.1, -0.05) is 44.9 Å². The summed E-state index contributed by atoms with van der Waals surface area (Å²) in [4.78, 5) is 0. The lowest BCUT2D eigenvalue weighted by Gasteiger charge is -2.48. The Bertz CT molecular complexity index is 420. The zero-order chi connectivity index (χ0) is 12.7. The number of hydrogen-bond acceptors (Lipinski definition) is 1. The van der Waals surface area contributed by atoms with E-state index in [4.69, 9.17) is 5.73 Å². The van der Waals surface area contributed by atoms with Crippen LogP contribution in [-0.4, -0.2) is 0 Å². The van der Waals surface area contributed by atoms with Crippen molar-refractivity contribution in [2.75, 3.05) is 0 Å². The quantitative estimate of drug-likeness (QED) is 0.775. The van der Waals surface area contributed by atoms with Crippen molar-refractivity contribution < 1.29 is 0 Å². The number of benzene rings is 1. The van der Waals surface area contributed by atoms with Crippen LogP contribution in [0.3, 0.4) is 0 Å². The molecule has 1 unspecified atom stereocenters. The van der Waals surface area contributed by atoms with Crippen LogP contribution in [0.4, 0.5) is 0 Å². The van der Waals surface area contributed by atoms with Crippen molar-refractivity contribution in [2.45, 2.75) is 58.9 Å². The molecule has 1 aromatic carbocycles. The Balaban J connectivity index is 2.45. The Labute approximate surface area is 105 Å². The van der Waals surface area contributed by atoms with Gasteiger partial charge in [-0.2, -0.15) is 0 Å². The van der Waals surface area contributed by atoms with Crippen LogP contribution in [0.1, 0.15) is 56.2 Å². The molecule has 0 spiro atoms. The molecule has 1 atom stereocenters. The van der Waals surface area contributed by atoms with Gasteiger partial charge in [0.05, 0.1) is 0 Å². The first-order valence-corrected chi connectivity index (χ1v) is 6.73. The lowest BCUT2D eigenvalue weighted by Crippen LogP contribution is -2.51. The highest BCUT2D eigenvalue weighted by Gasteiger charge is 2.44. The van der Waals surface area contributed by atoms with E-state index in [1.54, 1.807) is 0 Å². The largest absolute Gasteiger partial charge is 0.321 e. The summed E-state index contributed by atoms with van der Waals surface area (Å²) in [6.07, 6.45) is 4.92. The second-order valence-corrected chi connectivity index (χ2v) is 6.36. The van der Waals surface area contributed by atoms with Crippen LogP contribution in [0.15, 0.2) is 18.2 Å². The summed E-state index contributed by atoms with van der Waals surface area (Å²) >= 11 is 0. The molecule has 1 aliphatic carbocycles. The van der Waals surface area contributed by atoms with E-state index in [1.165, 1.54) is 36.0 Å². The molecule has 2 rings (SSSR count). The van der Waals surface area contributed by atoms with Gasteiger partial charge in [0, 0.05) is 5.54 Å².